The van der Waals surface area contributed by atoms with E-state index in [0.29, 0.717) is 17.7 Å². The molecule has 0 saturated carbocycles. The van der Waals surface area contributed by atoms with Crippen LogP contribution in [0.25, 0.3) is 11.3 Å². The molecular weight excluding hydrogens is 235 g/mol. The summed E-state index contributed by atoms with van der Waals surface area (Å²) in [5, 5.41) is 8.93. The van der Waals surface area contributed by atoms with Crippen LogP contribution in [0.15, 0.2) is 24.4 Å². The Hall–Kier alpha value is -1.88. The van der Waals surface area contributed by atoms with E-state index in [2.05, 4.69) is 4.98 Å². The molecule has 0 amide bonds. The van der Waals surface area contributed by atoms with E-state index >= 15 is 0 Å². The van der Waals surface area contributed by atoms with Crippen molar-refractivity contribution in [2.45, 2.75) is 6.42 Å². The van der Waals surface area contributed by atoms with E-state index in [9.17, 15) is 4.39 Å². The number of nitrogens with zero attached hydrogens (tertiary/aromatic N) is 2. The van der Waals surface area contributed by atoms with Crippen LogP contribution in [-0.2, 0) is 13.5 Å². The summed E-state index contributed by atoms with van der Waals surface area (Å²) in [6.07, 6.45) is 2.12. The zero-order valence-corrected chi connectivity index (χ0v) is 10.4. The molecule has 5 heteroatoms. The molecule has 0 fully saturated rings. The second-order valence-corrected chi connectivity index (χ2v) is 3.94. The van der Waals surface area contributed by atoms with Gasteiger partial charge in [0.15, 0.2) is 0 Å². The molecule has 0 aliphatic carbocycles. The first-order valence-corrected chi connectivity index (χ1v) is 5.62. The second kappa shape index (κ2) is 5.18. The average Bonchev–Trinajstić information content (AvgIpc) is 2.72. The van der Waals surface area contributed by atoms with Crippen molar-refractivity contribution < 1.29 is 14.2 Å². The average molecular weight is 250 g/mol. The summed E-state index contributed by atoms with van der Waals surface area (Å²) in [6, 6.07) is 4.36. The molecule has 18 heavy (non-hydrogen) atoms. The van der Waals surface area contributed by atoms with E-state index in [1.54, 1.807) is 19.4 Å². The van der Waals surface area contributed by atoms with Crippen LogP contribution in [0.3, 0.4) is 0 Å². The van der Waals surface area contributed by atoms with Crippen molar-refractivity contribution in [2.24, 2.45) is 7.05 Å². The molecule has 4 nitrogen and oxygen atoms in total. The van der Waals surface area contributed by atoms with E-state index in [4.69, 9.17) is 9.84 Å². The summed E-state index contributed by atoms with van der Waals surface area (Å²) in [5.41, 5.74) is 1.41. The minimum absolute atomic E-state index is 0.0323. The zero-order chi connectivity index (χ0) is 13.1. The third kappa shape index (κ3) is 2.22. The monoisotopic (exact) mass is 250 g/mol. The van der Waals surface area contributed by atoms with Crippen molar-refractivity contribution in [2.75, 3.05) is 13.7 Å². The Kier molecular flexibility index (Phi) is 3.62. The van der Waals surface area contributed by atoms with E-state index in [1.807, 2.05) is 11.6 Å². The molecule has 0 unspecified atom stereocenters. The Morgan fingerprint density at radius 3 is 2.89 bits per heavy atom. The van der Waals surface area contributed by atoms with Crippen LogP contribution in [0.5, 0.6) is 5.75 Å². The molecule has 2 aromatic rings. The van der Waals surface area contributed by atoms with Gasteiger partial charge in [-0.15, -0.1) is 0 Å². The Balaban J connectivity index is 2.51. The van der Waals surface area contributed by atoms with Gasteiger partial charge in [0.2, 0.25) is 0 Å². The van der Waals surface area contributed by atoms with Gasteiger partial charge >= 0.3 is 0 Å². The SMILES string of the molecule is COc1ccc(F)cc1-c1cnc(CCO)n1C. The molecule has 0 atom stereocenters. The Labute approximate surface area is 105 Å². The van der Waals surface area contributed by atoms with Crippen LogP contribution in [-0.4, -0.2) is 28.4 Å². The second-order valence-electron chi connectivity index (χ2n) is 3.94. The van der Waals surface area contributed by atoms with Crippen LogP contribution in [0.1, 0.15) is 5.82 Å². The number of rotatable bonds is 4. The number of imidazole rings is 1. The minimum atomic E-state index is -0.323. The molecule has 0 aliphatic heterocycles. The van der Waals surface area contributed by atoms with Gasteiger partial charge in [-0.2, -0.15) is 0 Å². The first kappa shape index (κ1) is 12.6. The molecule has 1 N–H and O–H groups in total. The number of ether oxygens (including phenoxy) is 1. The van der Waals surface area contributed by atoms with E-state index < -0.39 is 0 Å². The fraction of sp³-hybridized carbons (Fsp3) is 0.308. The largest absolute Gasteiger partial charge is 0.496 e. The topological polar surface area (TPSA) is 47.3 Å². The van der Waals surface area contributed by atoms with Gasteiger partial charge in [-0.05, 0) is 18.2 Å². The van der Waals surface area contributed by atoms with Crippen LogP contribution >= 0.6 is 0 Å². The highest BCUT2D eigenvalue weighted by Gasteiger charge is 2.13. The lowest BCUT2D eigenvalue weighted by Crippen LogP contribution is -2.02. The Morgan fingerprint density at radius 1 is 1.44 bits per heavy atom. The maximum Gasteiger partial charge on any atom is 0.128 e. The van der Waals surface area contributed by atoms with E-state index in [0.717, 1.165) is 11.5 Å². The van der Waals surface area contributed by atoms with Crippen molar-refractivity contribution in [1.82, 2.24) is 9.55 Å². The summed E-state index contributed by atoms with van der Waals surface area (Å²) in [7, 11) is 3.37. The quantitative estimate of drug-likeness (QED) is 0.899. The summed E-state index contributed by atoms with van der Waals surface area (Å²) in [6.45, 7) is 0.0323. The number of hydrogen-bond acceptors (Lipinski definition) is 3. The van der Waals surface area contributed by atoms with Crippen LogP contribution < -0.4 is 4.74 Å². The van der Waals surface area contributed by atoms with Crippen molar-refractivity contribution in [3.05, 3.63) is 36.0 Å². The van der Waals surface area contributed by atoms with Gasteiger partial charge in [-0.3, -0.25) is 0 Å². The molecule has 0 saturated heterocycles. The first-order valence-electron chi connectivity index (χ1n) is 5.62. The maximum atomic E-state index is 13.3. The van der Waals surface area contributed by atoms with Crippen molar-refractivity contribution in [1.29, 1.82) is 0 Å². The lowest BCUT2D eigenvalue weighted by atomic mass is 10.1. The number of methoxy groups -OCH3 is 1. The number of aliphatic hydroxyl groups excluding tert-OH is 1. The van der Waals surface area contributed by atoms with Gasteiger partial charge in [-0.1, -0.05) is 0 Å². The van der Waals surface area contributed by atoms with E-state index in [1.165, 1.54) is 12.1 Å². The third-order valence-electron chi connectivity index (χ3n) is 2.86. The molecule has 96 valence electrons. The highest BCUT2D eigenvalue weighted by molar-refractivity contribution is 5.67. The summed E-state index contributed by atoms with van der Waals surface area (Å²) in [5.74, 6) is 1.02. The molecule has 1 heterocycles. The summed E-state index contributed by atoms with van der Waals surface area (Å²) >= 11 is 0. The Morgan fingerprint density at radius 2 is 2.22 bits per heavy atom. The predicted octanol–water partition coefficient (Wildman–Crippen LogP) is 1.77. The Bertz CT molecular complexity index is 552. The van der Waals surface area contributed by atoms with Crippen molar-refractivity contribution in [3.63, 3.8) is 0 Å². The van der Waals surface area contributed by atoms with Crippen molar-refractivity contribution in [3.8, 4) is 17.0 Å². The molecule has 0 spiro atoms. The number of aliphatic hydroxyl groups is 1. The number of hydrogen-bond donors (Lipinski definition) is 1. The summed E-state index contributed by atoms with van der Waals surface area (Å²) < 4.78 is 20.4. The van der Waals surface area contributed by atoms with Crippen LogP contribution in [0, 0.1) is 5.82 Å². The minimum Gasteiger partial charge on any atom is -0.496 e. The van der Waals surface area contributed by atoms with Crippen LogP contribution in [0.2, 0.25) is 0 Å². The van der Waals surface area contributed by atoms with Gasteiger partial charge < -0.3 is 14.4 Å². The van der Waals surface area contributed by atoms with Gasteiger partial charge in [0, 0.05) is 19.0 Å². The van der Waals surface area contributed by atoms with Crippen LogP contribution in [0.4, 0.5) is 4.39 Å². The summed E-state index contributed by atoms with van der Waals surface area (Å²) in [4.78, 5) is 4.21. The normalized spacial score (nSPS) is 10.7. The molecule has 0 aliphatic rings. The van der Waals surface area contributed by atoms with Gasteiger partial charge in [0.05, 0.1) is 25.6 Å². The molecule has 0 bridgehead atoms. The van der Waals surface area contributed by atoms with Crippen molar-refractivity contribution >= 4 is 0 Å². The number of benzene rings is 1. The molecule has 0 radical (unpaired) electrons. The fourth-order valence-corrected chi connectivity index (χ4v) is 1.91. The van der Waals surface area contributed by atoms with E-state index in [-0.39, 0.29) is 12.4 Å². The predicted molar refractivity (Wildman–Crippen MR) is 65.9 cm³/mol. The lowest BCUT2D eigenvalue weighted by molar-refractivity contribution is 0.295. The number of aromatic nitrogens is 2. The van der Waals surface area contributed by atoms with Gasteiger partial charge in [0.1, 0.15) is 17.4 Å². The number of halogens is 1. The lowest BCUT2D eigenvalue weighted by Gasteiger charge is -2.10. The molecular formula is C13H15FN2O2. The molecule has 1 aromatic carbocycles. The molecule has 1 aromatic heterocycles. The smallest absolute Gasteiger partial charge is 0.128 e. The molecule has 2 rings (SSSR count). The maximum absolute atomic E-state index is 13.3. The highest BCUT2D eigenvalue weighted by atomic mass is 19.1. The van der Waals surface area contributed by atoms with Gasteiger partial charge in [-0.25, -0.2) is 9.37 Å². The first-order chi connectivity index (χ1) is 8.67. The van der Waals surface area contributed by atoms with Gasteiger partial charge in [0.25, 0.3) is 0 Å². The third-order valence-corrected chi connectivity index (χ3v) is 2.86. The fourth-order valence-electron chi connectivity index (χ4n) is 1.91. The highest BCUT2D eigenvalue weighted by Crippen LogP contribution is 2.30. The zero-order valence-electron chi connectivity index (χ0n) is 10.4. The standard InChI is InChI=1S/C13H15FN2O2/c1-16-11(8-15-13(16)5-6-17)10-7-9(14)3-4-12(10)18-2/h3-4,7-8,17H,5-6H2,1-2H3.